The molecule has 0 aliphatic carbocycles. The van der Waals surface area contributed by atoms with Gasteiger partial charge in [-0.3, -0.25) is 9.59 Å². The molecule has 0 radical (unpaired) electrons. The van der Waals surface area contributed by atoms with Crippen LogP contribution >= 0.6 is 0 Å². The molecule has 0 N–H and O–H groups in total. The highest BCUT2D eigenvalue weighted by molar-refractivity contribution is 5.53. The van der Waals surface area contributed by atoms with E-state index >= 15 is 0 Å². The van der Waals surface area contributed by atoms with Gasteiger partial charge in [0.25, 0.3) is 6.47 Å². The Hall–Kier alpha value is -2.55. The van der Waals surface area contributed by atoms with Crippen molar-refractivity contribution in [2.75, 3.05) is 7.05 Å². The molecule has 1 heterocycles. The summed E-state index contributed by atoms with van der Waals surface area (Å²) in [5.41, 5.74) is 0.297. The minimum absolute atomic E-state index is 0.348. The fraction of sp³-hybridized carbons (Fsp3) is 0.400. The summed E-state index contributed by atoms with van der Waals surface area (Å²) in [4.78, 5) is 23.4. The monoisotopic (exact) mass is 288 g/mol. The summed E-state index contributed by atoms with van der Waals surface area (Å²) in [6.45, 7) is 3.92. The van der Waals surface area contributed by atoms with Gasteiger partial charge in [-0.2, -0.15) is 5.26 Å². The van der Waals surface area contributed by atoms with Gasteiger partial charge in [0.15, 0.2) is 6.10 Å². The fourth-order valence-electron chi connectivity index (χ4n) is 2.62. The van der Waals surface area contributed by atoms with Crippen LogP contribution in [0.25, 0.3) is 0 Å². The summed E-state index contributed by atoms with van der Waals surface area (Å²) < 4.78 is 11.0. The van der Waals surface area contributed by atoms with Crippen molar-refractivity contribution in [3.05, 3.63) is 29.3 Å². The number of amides is 1. The Bertz CT molecular complexity index is 606. The lowest BCUT2D eigenvalue weighted by Gasteiger charge is -2.45. The number of fused-ring (bicyclic) bond motifs is 1. The molecule has 0 saturated heterocycles. The van der Waals surface area contributed by atoms with Gasteiger partial charge in [0.1, 0.15) is 17.4 Å². The summed E-state index contributed by atoms with van der Waals surface area (Å²) in [6.07, 6.45) is -0.0116. The van der Waals surface area contributed by atoms with Gasteiger partial charge in [-0.1, -0.05) is 0 Å². The van der Waals surface area contributed by atoms with Crippen LogP contribution in [0.15, 0.2) is 18.2 Å². The number of nitriles is 1. The number of hydrogen-bond donors (Lipinski definition) is 0. The lowest BCUT2D eigenvalue weighted by Crippen LogP contribution is -2.54. The van der Waals surface area contributed by atoms with E-state index in [0.29, 0.717) is 29.8 Å². The summed E-state index contributed by atoms with van der Waals surface area (Å²) in [5, 5.41) is 9.03. The molecule has 2 atom stereocenters. The largest absolute Gasteiger partial charge is 0.484 e. The van der Waals surface area contributed by atoms with Crippen molar-refractivity contribution >= 4 is 12.9 Å². The normalized spacial score (nSPS) is 22.2. The third-order valence-corrected chi connectivity index (χ3v) is 3.61. The Morgan fingerprint density at radius 1 is 1.43 bits per heavy atom. The SMILES string of the molecule is CN(C=O)C1c2cc(C#N)ccc2OC(C)(C)C1OC=O. The topological polar surface area (TPSA) is 79.6 Å². The zero-order chi connectivity index (χ0) is 15.6. The molecule has 110 valence electrons. The van der Waals surface area contributed by atoms with Gasteiger partial charge >= 0.3 is 0 Å². The highest BCUT2D eigenvalue weighted by atomic mass is 16.6. The Morgan fingerprint density at radius 2 is 2.14 bits per heavy atom. The van der Waals surface area contributed by atoms with Crippen LogP contribution < -0.4 is 4.74 Å². The molecular weight excluding hydrogens is 272 g/mol. The molecule has 1 amide bonds. The summed E-state index contributed by atoms with van der Waals surface area (Å²) in [5.74, 6) is 0.573. The van der Waals surface area contributed by atoms with E-state index in [4.69, 9.17) is 14.7 Å². The second kappa shape index (κ2) is 5.44. The van der Waals surface area contributed by atoms with Crippen molar-refractivity contribution in [3.63, 3.8) is 0 Å². The molecule has 1 aromatic carbocycles. The molecule has 0 fully saturated rings. The van der Waals surface area contributed by atoms with Gasteiger partial charge in [0, 0.05) is 12.6 Å². The van der Waals surface area contributed by atoms with Crippen LogP contribution in [0.5, 0.6) is 5.75 Å². The lowest BCUT2D eigenvalue weighted by molar-refractivity contribution is -0.158. The predicted octanol–water partition coefficient (Wildman–Crippen LogP) is 1.40. The van der Waals surface area contributed by atoms with Crippen LogP contribution in [0, 0.1) is 11.3 Å². The first-order valence-electron chi connectivity index (χ1n) is 6.44. The Morgan fingerprint density at radius 3 is 2.71 bits per heavy atom. The van der Waals surface area contributed by atoms with Gasteiger partial charge in [-0.05, 0) is 32.0 Å². The molecule has 1 aliphatic rings. The average molecular weight is 288 g/mol. The van der Waals surface area contributed by atoms with Crippen LogP contribution in [0.4, 0.5) is 0 Å². The maximum atomic E-state index is 11.2. The van der Waals surface area contributed by atoms with Crippen molar-refractivity contribution in [2.45, 2.75) is 31.6 Å². The number of benzene rings is 1. The standard InChI is InChI=1S/C15H16N2O4/c1-15(2)14(20-9-19)13(17(3)8-18)11-6-10(7-16)4-5-12(11)21-15/h4-6,8-9,13-14H,1-3H3. The number of carbonyl (C=O) groups excluding carboxylic acids is 2. The number of ether oxygens (including phenoxy) is 2. The predicted molar refractivity (Wildman–Crippen MR) is 73.4 cm³/mol. The molecule has 0 saturated carbocycles. The molecule has 0 spiro atoms. The maximum absolute atomic E-state index is 11.2. The highest BCUT2D eigenvalue weighted by Crippen LogP contribution is 2.43. The molecule has 2 rings (SSSR count). The lowest BCUT2D eigenvalue weighted by atomic mass is 9.85. The zero-order valence-corrected chi connectivity index (χ0v) is 12.1. The van der Waals surface area contributed by atoms with Crippen LogP contribution in [0.1, 0.15) is 31.0 Å². The Labute approximate surface area is 122 Å². The zero-order valence-electron chi connectivity index (χ0n) is 12.1. The Balaban J connectivity index is 2.61. The first kappa shape index (κ1) is 14.9. The van der Waals surface area contributed by atoms with Crippen molar-refractivity contribution in [3.8, 4) is 11.8 Å². The van der Waals surface area contributed by atoms with Gasteiger partial charge < -0.3 is 14.4 Å². The van der Waals surface area contributed by atoms with Crippen molar-refractivity contribution in [2.24, 2.45) is 0 Å². The van der Waals surface area contributed by atoms with Crippen molar-refractivity contribution in [1.82, 2.24) is 4.90 Å². The van der Waals surface area contributed by atoms with E-state index in [2.05, 4.69) is 0 Å². The minimum atomic E-state index is -0.802. The third-order valence-electron chi connectivity index (χ3n) is 3.61. The molecular formula is C15H16N2O4. The first-order valence-corrected chi connectivity index (χ1v) is 6.44. The van der Waals surface area contributed by atoms with Crippen molar-refractivity contribution in [1.29, 1.82) is 5.26 Å². The van der Waals surface area contributed by atoms with Crippen molar-refractivity contribution < 1.29 is 19.1 Å². The fourth-order valence-corrected chi connectivity index (χ4v) is 2.62. The quantitative estimate of drug-likeness (QED) is 0.782. The first-order chi connectivity index (χ1) is 9.94. The van der Waals surface area contributed by atoms with E-state index in [-0.39, 0.29) is 0 Å². The van der Waals surface area contributed by atoms with Gasteiger partial charge in [0.2, 0.25) is 6.41 Å². The van der Waals surface area contributed by atoms with Gasteiger partial charge in [-0.25, -0.2) is 0 Å². The number of likely N-dealkylation sites (N-methyl/N-ethyl adjacent to an activating group) is 1. The number of carbonyl (C=O) groups is 2. The smallest absolute Gasteiger partial charge is 0.293 e. The molecule has 2 unspecified atom stereocenters. The molecule has 1 aromatic rings. The Kier molecular flexibility index (Phi) is 3.85. The average Bonchev–Trinajstić information content (AvgIpc) is 2.46. The van der Waals surface area contributed by atoms with E-state index in [9.17, 15) is 9.59 Å². The maximum Gasteiger partial charge on any atom is 0.293 e. The highest BCUT2D eigenvalue weighted by Gasteiger charge is 2.47. The van der Waals surface area contributed by atoms with E-state index in [0.717, 1.165) is 0 Å². The summed E-state index contributed by atoms with van der Waals surface area (Å²) in [7, 11) is 1.60. The third kappa shape index (κ3) is 2.55. The molecule has 0 aromatic heterocycles. The molecule has 6 heteroatoms. The second-order valence-electron chi connectivity index (χ2n) is 5.44. The van der Waals surface area contributed by atoms with E-state index in [1.165, 1.54) is 4.90 Å². The summed E-state index contributed by atoms with van der Waals surface area (Å²) in [6, 6.07) is 6.52. The van der Waals surface area contributed by atoms with E-state index in [1.807, 2.05) is 6.07 Å². The molecule has 0 bridgehead atoms. The van der Waals surface area contributed by atoms with Gasteiger partial charge in [0.05, 0.1) is 11.6 Å². The van der Waals surface area contributed by atoms with Crippen LogP contribution in [0.2, 0.25) is 0 Å². The van der Waals surface area contributed by atoms with Crippen LogP contribution in [-0.4, -0.2) is 36.5 Å². The minimum Gasteiger partial charge on any atom is -0.484 e. The summed E-state index contributed by atoms with van der Waals surface area (Å²) >= 11 is 0. The number of nitrogens with zero attached hydrogens (tertiary/aromatic N) is 2. The van der Waals surface area contributed by atoms with Gasteiger partial charge in [-0.15, -0.1) is 0 Å². The second-order valence-corrected chi connectivity index (χ2v) is 5.44. The molecule has 1 aliphatic heterocycles. The number of hydrogen-bond acceptors (Lipinski definition) is 5. The van der Waals surface area contributed by atoms with E-state index < -0.39 is 17.7 Å². The number of rotatable bonds is 4. The molecule has 6 nitrogen and oxygen atoms in total. The molecule has 21 heavy (non-hydrogen) atoms. The van der Waals surface area contributed by atoms with Crippen LogP contribution in [0.3, 0.4) is 0 Å². The van der Waals surface area contributed by atoms with E-state index in [1.54, 1.807) is 39.1 Å². The van der Waals surface area contributed by atoms with Crippen LogP contribution in [-0.2, 0) is 14.3 Å².